The first-order valence-electron chi connectivity index (χ1n) is 8.35. The van der Waals surface area contributed by atoms with Gasteiger partial charge in [-0.3, -0.25) is 14.2 Å². The number of imidazole rings is 1. The monoisotopic (exact) mass is 404 g/mol. The molecule has 0 unspecified atom stereocenters. The van der Waals surface area contributed by atoms with Gasteiger partial charge in [-0.25, -0.2) is 4.98 Å². The van der Waals surface area contributed by atoms with E-state index in [0.717, 1.165) is 10.8 Å². The lowest BCUT2D eigenvalue weighted by atomic mass is 10.3. The van der Waals surface area contributed by atoms with Gasteiger partial charge in [-0.2, -0.15) is 4.98 Å². The van der Waals surface area contributed by atoms with Gasteiger partial charge in [0.1, 0.15) is 0 Å². The molecule has 4 heterocycles. The van der Waals surface area contributed by atoms with Crippen LogP contribution in [0.2, 0.25) is 5.15 Å². The summed E-state index contributed by atoms with van der Waals surface area (Å²) < 4.78 is 6.99. The third kappa shape index (κ3) is 3.60. The van der Waals surface area contributed by atoms with Crippen LogP contribution in [0.5, 0.6) is 5.88 Å². The summed E-state index contributed by atoms with van der Waals surface area (Å²) in [5, 5.41) is 2.32. The van der Waals surface area contributed by atoms with Crippen LogP contribution in [-0.2, 0) is 4.79 Å². The molecule has 0 radical (unpaired) electrons. The molecule has 3 aromatic rings. The largest absolute Gasteiger partial charge is 0.480 e. The first-order valence-corrected chi connectivity index (χ1v) is 9.60. The summed E-state index contributed by atoms with van der Waals surface area (Å²) in [6, 6.07) is 0. The average Bonchev–Trinajstić information content (AvgIpc) is 3.27. The molecule has 1 aliphatic heterocycles. The SMILES string of the molecule is COc1cncc(N2CCN(C(=O)C=Cc3c(Cl)nc4sccn34)CC2)n1. The fourth-order valence-electron chi connectivity index (χ4n) is 2.93. The number of amides is 1. The number of carbonyl (C=O) groups excluding carboxylic acids is 1. The zero-order chi connectivity index (χ0) is 18.8. The molecule has 0 saturated carbocycles. The standard InChI is InChI=1S/C17H17ClN6O2S/c1-26-14-11-19-10-13(20-14)22-4-6-23(7-5-22)15(25)3-2-12-16(18)21-17-24(12)8-9-27-17/h2-3,8-11H,4-7H2,1H3. The third-order valence-corrected chi connectivity index (χ3v) is 5.40. The number of piperazine rings is 1. The van der Waals surface area contributed by atoms with E-state index in [0.29, 0.717) is 42.9 Å². The van der Waals surface area contributed by atoms with Crippen LogP contribution in [0, 0.1) is 0 Å². The Balaban J connectivity index is 1.40. The second-order valence-electron chi connectivity index (χ2n) is 5.91. The molecule has 1 aliphatic rings. The zero-order valence-electron chi connectivity index (χ0n) is 14.6. The summed E-state index contributed by atoms with van der Waals surface area (Å²) >= 11 is 7.66. The molecule has 8 nitrogen and oxygen atoms in total. The minimum absolute atomic E-state index is 0.0485. The summed E-state index contributed by atoms with van der Waals surface area (Å²) in [6.07, 6.45) is 8.43. The Labute approximate surface area is 164 Å². The first kappa shape index (κ1) is 17.7. The maximum atomic E-state index is 12.5. The molecular weight excluding hydrogens is 388 g/mol. The number of anilines is 1. The fourth-order valence-corrected chi connectivity index (χ4v) is 3.93. The van der Waals surface area contributed by atoms with E-state index in [1.165, 1.54) is 11.3 Å². The lowest BCUT2D eigenvalue weighted by Crippen LogP contribution is -2.48. The molecule has 27 heavy (non-hydrogen) atoms. The molecule has 1 saturated heterocycles. The minimum Gasteiger partial charge on any atom is -0.480 e. The van der Waals surface area contributed by atoms with E-state index in [4.69, 9.17) is 16.3 Å². The van der Waals surface area contributed by atoms with Crippen LogP contribution in [0.3, 0.4) is 0 Å². The zero-order valence-corrected chi connectivity index (χ0v) is 16.2. The van der Waals surface area contributed by atoms with Crippen molar-refractivity contribution >= 4 is 45.7 Å². The van der Waals surface area contributed by atoms with E-state index >= 15 is 0 Å². The summed E-state index contributed by atoms with van der Waals surface area (Å²) in [6.45, 7) is 2.58. The number of ether oxygens (including phenoxy) is 1. The van der Waals surface area contributed by atoms with Crippen LogP contribution in [-0.4, -0.2) is 63.4 Å². The number of hydrogen-bond acceptors (Lipinski definition) is 7. The van der Waals surface area contributed by atoms with Gasteiger partial charge in [0.2, 0.25) is 11.8 Å². The lowest BCUT2D eigenvalue weighted by Gasteiger charge is -2.34. The van der Waals surface area contributed by atoms with Crippen molar-refractivity contribution in [1.82, 2.24) is 24.3 Å². The van der Waals surface area contributed by atoms with E-state index in [1.54, 1.807) is 36.6 Å². The van der Waals surface area contributed by atoms with Gasteiger partial charge in [0.15, 0.2) is 15.9 Å². The number of fused-ring (bicyclic) bond motifs is 1. The van der Waals surface area contributed by atoms with Crippen molar-refractivity contribution in [3.05, 3.63) is 40.9 Å². The quantitative estimate of drug-likeness (QED) is 0.620. The maximum absolute atomic E-state index is 12.5. The number of nitrogens with zero attached hydrogens (tertiary/aromatic N) is 6. The second kappa shape index (κ2) is 7.53. The smallest absolute Gasteiger partial charge is 0.246 e. The molecule has 0 N–H and O–H groups in total. The molecule has 1 amide bonds. The van der Waals surface area contributed by atoms with E-state index in [-0.39, 0.29) is 5.91 Å². The topological polar surface area (TPSA) is 75.9 Å². The van der Waals surface area contributed by atoms with Crippen LogP contribution >= 0.6 is 22.9 Å². The molecule has 3 aromatic heterocycles. The van der Waals surface area contributed by atoms with Gasteiger partial charge in [0.25, 0.3) is 0 Å². The van der Waals surface area contributed by atoms with Gasteiger partial charge in [-0.05, 0) is 6.08 Å². The highest BCUT2D eigenvalue weighted by Crippen LogP contribution is 2.22. The predicted molar refractivity (Wildman–Crippen MR) is 104 cm³/mol. The Morgan fingerprint density at radius 2 is 2.07 bits per heavy atom. The van der Waals surface area contributed by atoms with E-state index in [9.17, 15) is 4.79 Å². The van der Waals surface area contributed by atoms with Gasteiger partial charge < -0.3 is 14.5 Å². The second-order valence-corrected chi connectivity index (χ2v) is 7.14. The van der Waals surface area contributed by atoms with E-state index < -0.39 is 0 Å². The molecule has 140 valence electrons. The molecular formula is C17H17ClN6O2S. The van der Waals surface area contributed by atoms with Gasteiger partial charge in [0.05, 0.1) is 25.2 Å². The van der Waals surface area contributed by atoms with Crippen molar-refractivity contribution in [2.24, 2.45) is 0 Å². The van der Waals surface area contributed by atoms with E-state index in [1.807, 2.05) is 16.0 Å². The van der Waals surface area contributed by atoms with Crippen molar-refractivity contribution in [3.63, 3.8) is 0 Å². The molecule has 1 fully saturated rings. The molecule has 0 atom stereocenters. The number of hydrogen-bond donors (Lipinski definition) is 0. The first-order chi connectivity index (χ1) is 13.2. The number of carbonyl (C=O) groups is 1. The molecule has 10 heteroatoms. The van der Waals surface area contributed by atoms with Gasteiger partial charge in [0, 0.05) is 43.8 Å². The minimum atomic E-state index is -0.0485. The number of aromatic nitrogens is 4. The Bertz CT molecular complexity index is 992. The van der Waals surface area contributed by atoms with Crippen molar-refractivity contribution in [2.75, 3.05) is 38.2 Å². The van der Waals surface area contributed by atoms with Crippen LogP contribution in [0.25, 0.3) is 11.0 Å². The highest BCUT2D eigenvalue weighted by molar-refractivity contribution is 7.15. The summed E-state index contributed by atoms with van der Waals surface area (Å²) in [5.74, 6) is 1.18. The average molecular weight is 405 g/mol. The van der Waals surface area contributed by atoms with Gasteiger partial charge in [-0.15, -0.1) is 11.3 Å². The number of thiazole rings is 1. The molecule has 0 aliphatic carbocycles. The fraction of sp³-hybridized carbons (Fsp3) is 0.294. The Morgan fingerprint density at radius 1 is 1.26 bits per heavy atom. The summed E-state index contributed by atoms with van der Waals surface area (Å²) in [7, 11) is 1.56. The van der Waals surface area contributed by atoms with Crippen molar-refractivity contribution in [1.29, 1.82) is 0 Å². The van der Waals surface area contributed by atoms with Crippen molar-refractivity contribution in [2.45, 2.75) is 0 Å². The maximum Gasteiger partial charge on any atom is 0.246 e. The summed E-state index contributed by atoms with van der Waals surface area (Å²) in [4.78, 5) is 30.0. The molecule has 0 aromatic carbocycles. The van der Waals surface area contributed by atoms with Crippen LogP contribution in [0.4, 0.5) is 5.82 Å². The summed E-state index contributed by atoms with van der Waals surface area (Å²) in [5.41, 5.74) is 0.714. The highest BCUT2D eigenvalue weighted by Gasteiger charge is 2.21. The van der Waals surface area contributed by atoms with Crippen LogP contribution in [0.1, 0.15) is 5.69 Å². The van der Waals surface area contributed by atoms with Crippen molar-refractivity contribution in [3.8, 4) is 5.88 Å². The molecule has 4 rings (SSSR count). The highest BCUT2D eigenvalue weighted by atomic mass is 35.5. The Kier molecular flexibility index (Phi) is 4.95. The van der Waals surface area contributed by atoms with Gasteiger partial charge in [-0.1, -0.05) is 11.6 Å². The Morgan fingerprint density at radius 3 is 2.85 bits per heavy atom. The van der Waals surface area contributed by atoms with E-state index in [2.05, 4.69) is 19.9 Å². The normalized spacial score (nSPS) is 15.0. The Hall–Kier alpha value is -2.65. The number of rotatable bonds is 4. The molecule has 0 bridgehead atoms. The van der Waals surface area contributed by atoms with Gasteiger partial charge >= 0.3 is 0 Å². The number of methoxy groups -OCH3 is 1. The predicted octanol–water partition coefficient (Wildman–Crippen LogP) is 2.21. The third-order valence-electron chi connectivity index (χ3n) is 4.36. The van der Waals surface area contributed by atoms with Crippen molar-refractivity contribution < 1.29 is 9.53 Å². The van der Waals surface area contributed by atoms with Crippen LogP contribution < -0.4 is 9.64 Å². The lowest BCUT2D eigenvalue weighted by molar-refractivity contribution is -0.126. The number of halogens is 1. The molecule has 0 spiro atoms. The van der Waals surface area contributed by atoms with Crippen LogP contribution in [0.15, 0.2) is 30.0 Å².